The number of benzene rings is 1. The van der Waals surface area contributed by atoms with Crippen LogP contribution < -0.4 is 5.32 Å². The lowest BCUT2D eigenvalue weighted by Gasteiger charge is -2.05. The van der Waals surface area contributed by atoms with Crippen LogP contribution in [0.5, 0.6) is 0 Å². The van der Waals surface area contributed by atoms with Crippen LogP contribution in [-0.2, 0) is 6.42 Å². The van der Waals surface area contributed by atoms with Crippen molar-refractivity contribution in [3.8, 4) is 0 Å². The zero-order chi connectivity index (χ0) is 16.5. The molecule has 2 N–H and O–H groups in total. The van der Waals surface area contributed by atoms with Crippen LogP contribution in [0.3, 0.4) is 0 Å². The Kier molecular flexibility index (Phi) is 3.52. The second-order valence-corrected chi connectivity index (χ2v) is 5.22. The van der Waals surface area contributed by atoms with Crippen LogP contribution in [0.25, 0.3) is 16.7 Å². The van der Waals surface area contributed by atoms with Crippen LogP contribution in [-0.4, -0.2) is 36.3 Å². The molecule has 0 aliphatic rings. The van der Waals surface area contributed by atoms with Crippen molar-refractivity contribution in [1.29, 1.82) is 0 Å². The highest BCUT2D eigenvalue weighted by Crippen LogP contribution is 2.17. The van der Waals surface area contributed by atoms with Crippen molar-refractivity contribution in [3.05, 3.63) is 48.0 Å². The van der Waals surface area contributed by atoms with Gasteiger partial charge in [0.2, 0.25) is 5.82 Å². The number of fused-ring (bicyclic) bond motifs is 2. The zero-order valence-corrected chi connectivity index (χ0v) is 12.4. The quantitative estimate of drug-likeness (QED) is 0.588. The van der Waals surface area contributed by atoms with Crippen molar-refractivity contribution in [1.82, 2.24) is 29.8 Å². The average Bonchev–Trinajstić information content (AvgIpc) is 3.17. The molecule has 0 atom stereocenters. The summed E-state index contributed by atoms with van der Waals surface area (Å²) in [5.74, 6) is 0.855. The van der Waals surface area contributed by atoms with Crippen LogP contribution in [0.15, 0.2) is 36.4 Å². The summed E-state index contributed by atoms with van der Waals surface area (Å²) in [4.78, 5) is 7.72. The number of aromatic amines is 1. The van der Waals surface area contributed by atoms with Gasteiger partial charge in [0.05, 0.1) is 11.0 Å². The van der Waals surface area contributed by atoms with Crippen molar-refractivity contribution < 1.29 is 8.78 Å². The molecule has 0 aliphatic carbocycles. The van der Waals surface area contributed by atoms with Crippen LogP contribution in [0, 0.1) is 0 Å². The van der Waals surface area contributed by atoms with E-state index in [1.54, 1.807) is 12.1 Å². The largest absolute Gasteiger partial charge is 0.368 e. The summed E-state index contributed by atoms with van der Waals surface area (Å²) in [6, 6.07) is 11.1. The third-order valence-corrected chi connectivity index (χ3v) is 3.59. The molecule has 0 amide bonds. The van der Waals surface area contributed by atoms with Gasteiger partial charge in [0.15, 0.2) is 5.65 Å². The average molecular weight is 329 g/mol. The van der Waals surface area contributed by atoms with E-state index < -0.39 is 12.2 Å². The smallest absolute Gasteiger partial charge is 0.299 e. The highest BCUT2D eigenvalue weighted by molar-refractivity contribution is 5.74. The summed E-state index contributed by atoms with van der Waals surface area (Å²) in [5.41, 5.74) is 2.18. The van der Waals surface area contributed by atoms with Gasteiger partial charge in [-0.1, -0.05) is 12.1 Å². The van der Waals surface area contributed by atoms with E-state index in [0.717, 1.165) is 21.4 Å². The molecule has 0 unspecified atom stereocenters. The normalized spacial score (nSPS) is 11.6. The number of hydrogen-bond acceptors (Lipinski definition) is 5. The molecule has 4 aromatic rings. The molecule has 3 aromatic heterocycles. The molecule has 0 fully saturated rings. The van der Waals surface area contributed by atoms with Gasteiger partial charge in [-0.25, -0.2) is 13.8 Å². The predicted molar refractivity (Wildman–Crippen MR) is 84.0 cm³/mol. The standard InChI is InChI=1S/C15H13F2N7/c16-14(17)15-22-21-13-6-5-11(23-24(13)15)18-8-7-12-19-9-3-1-2-4-10(9)20-12/h1-6,14H,7-8H2,(H,18,23)(H,19,20). The lowest BCUT2D eigenvalue weighted by atomic mass is 10.3. The van der Waals surface area contributed by atoms with Gasteiger partial charge < -0.3 is 10.3 Å². The SMILES string of the molecule is FC(F)c1nnc2ccc(NCCc3nc4ccccc4[nH]3)nn12. The third kappa shape index (κ3) is 2.64. The summed E-state index contributed by atoms with van der Waals surface area (Å²) >= 11 is 0. The number of rotatable bonds is 5. The van der Waals surface area contributed by atoms with Crippen molar-refractivity contribution in [2.75, 3.05) is 11.9 Å². The Labute approximate surface area is 134 Å². The van der Waals surface area contributed by atoms with E-state index in [1.165, 1.54) is 0 Å². The molecule has 0 spiro atoms. The Hall–Kier alpha value is -3.10. The second kappa shape index (κ2) is 5.84. The minimum Gasteiger partial charge on any atom is -0.368 e. The molecule has 0 radical (unpaired) electrons. The number of alkyl halides is 2. The van der Waals surface area contributed by atoms with Crippen LogP contribution in [0.1, 0.15) is 18.1 Å². The van der Waals surface area contributed by atoms with Crippen molar-refractivity contribution in [2.24, 2.45) is 0 Å². The molecule has 0 aliphatic heterocycles. The number of imidazole rings is 1. The van der Waals surface area contributed by atoms with E-state index in [2.05, 4.69) is 30.6 Å². The zero-order valence-electron chi connectivity index (χ0n) is 12.4. The van der Waals surface area contributed by atoms with E-state index in [-0.39, 0.29) is 5.65 Å². The number of nitrogens with one attached hydrogen (secondary N) is 2. The lowest BCUT2D eigenvalue weighted by Crippen LogP contribution is -2.09. The number of para-hydroxylation sites is 2. The number of hydrogen-bond donors (Lipinski definition) is 2. The molecule has 1 aromatic carbocycles. The minimum absolute atomic E-state index is 0.285. The lowest BCUT2D eigenvalue weighted by molar-refractivity contribution is 0.137. The van der Waals surface area contributed by atoms with Gasteiger partial charge in [0.25, 0.3) is 6.43 Å². The molecule has 0 bridgehead atoms. The summed E-state index contributed by atoms with van der Waals surface area (Å²) in [5, 5.41) is 14.3. The predicted octanol–water partition coefficient (Wildman–Crippen LogP) is 2.59. The monoisotopic (exact) mass is 329 g/mol. The minimum atomic E-state index is -2.72. The Bertz CT molecular complexity index is 959. The maximum Gasteiger partial charge on any atom is 0.299 e. The number of aromatic nitrogens is 6. The summed E-state index contributed by atoms with van der Waals surface area (Å²) in [7, 11) is 0. The first-order chi connectivity index (χ1) is 11.7. The third-order valence-electron chi connectivity index (χ3n) is 3.59. The highest BCUT2D eigenvalue weighted by atomic mass is 19.3. The van der Waals surface area contributed by atoms with E-state index in [1.807, 2.05) is 24.3 Å². The first-order valence-corrected chi connectivity index (χ1v) is 7.39. The van der Waals surface area contributed by atoms with Gasteiger partial charge in [-0.15, -0.1) is 15.3 Å². The van der Waals surface area contributed by atoms with Gasteiger partial charge in [0.1, 0.15) is 11.6 Å². The Balaban J connectivity index is 1.47. The maximum atomic E-state index is 12.8. The molecule has 24 heavy (non-hydrogen) atoms. The topological polar surface area (TPSA) is 83.8 Å². The van der Waals surface area contributed by atoms with Gasteiger partial charge in [-0.3, -0.25) is 0 Å². The highest BCUT2D eigenvalue weighted by Gasteiger charge is 2.16. The van der Waals surface area contributed by atoms with Crippen LogP contribution >= 0.6 is 0 Å². The van der Waals surface area contributed by atoms with Crippen molar-refractivity contribution >= 4 is 22.5 Å². The van der Waals surface area contributed by atoms with Gasteiger partial charge >= 0.3 is 0 Å². The second-order valence-electron chi connectivity index (χ2n) is 5.22. The molecule has 4 rings (SSSR count). The number of nitrogens with zero attached hydrogens (tertiary/aromatic N) is 5. The fourth-order valence-corrected chi connectivity index (χ4v) is 2.47. The molecular formula is C15H13F2N7. The molecule has 9 heteroatoms. The van der Waals surface area contributed by atoms with Crippen LogP contribution in [0.4, 0.5) is 14.6 Å². The molecular weight excluding hydrogens is 316 g/mol. The fraction of sp³-hybridized carbons (Fsp3) is 0.200. The fourth-order valence-electron chi connectivity index (χ4n) is 2.47. The van der Waals surface area contributed by atoms with E-state index >= 15 is 0 Å². The number of H-pyrrole nitrogens is 1. The van der Waals surface area contributed by atoms with Crippen molar-refractivity contribution in [2.45, 2.75) is 12.8 Å². The number of anilines is 1. The van der Waals surface area contributed by atoms with Crippen LogP contribution in [0.2, 0.25) is 0 Å². The summed E-state index contributed by atoms with van der Waals surface area (Å²) in [6.45, 7) is 0.560. The Morgan fingerprint density at radius 1 is 1.12 bits per heavy atom. The number of halogens is 2. The molecule has 122 valence electrons. The maximum absolute atomic E-state index is 12.8. The van der Waals surface area contributed by atoms with Crippen molar-refractivity contribution in [3.63, 3.8) is 0 Å². The molecule has 0 saturated heterocycles. The van der Waals surface area contributed by atoms with E-state index in [0.29, 0.717) is 18.8 Å². The Morgan fingerprint density at radius 2 is 2.00 bits per heavy atom. The van der Waals surface area contributed by atoms with E-state index in [9.17, 15) is 8.78 Å². The van der Waals surface area contributed by atoms with Gasteiger partial charge in [-0.05, 0) is 24.3 Å². The first-order valence-electron chi connectivity index (χ1n) is 7.39. The Morgan fingerprint density at radius 3 is 2.83 bits per heavy atom. The summed E-state index contributed by atoms with van der Waals surface area (Å²) in [6.07, 6.45) is -2.07. The van der Waals surface area contributed by atoms with Gasteiger partial charge in [0, 0.05) is 13.0 Å². The van der Waals surface area contributed by atoms with Gasteiger partial charge in [-0.2, -0.15) is 4.52 Å². The molecule has 7 nitrogen and oxygen atoms in total. The van der Waals surface area contributed by atoms with E-state index in [4.69, 9.17) is 0 Å². The summed E-state index contributed by atoms with van der Waals surface area (Å²) < 4.78 is 26.7. The first kappa shape index (κ1) is 14.5. The molecule has 0 saturated carbocycles. The molecule has 3 heterocycles.